The first kappa shape index (κ1) is 15.8. The molecule has 0 aliphatic carbocycles. The van der Waals surface area contributed by atoms with Crippen molar-refractivity contribution < 1.29 is 19.1 Å². The van der Waals surface area contributed by atoms with E-state index in [1.807, 2.05) is 6.07 Å². The average Bonchev–Trinajstić information content (AvgIpc) is 2.32. The van der Waals surface area contributed by atoms with E-state index in [1.54, 1.807) is 39.0 Å². The van der Waals surface area contributed by atoms with Gasteiger partial charge in [-0.25, -0.2) is 4.79 Å². The van der Waals surface area contributed by atoms with Crippen LogP contribution in [0.25, 0.3) is 0 Å². The number of primary amides is 1. The summed E-state index contributed by atoms with van der Waals surface area (Å²) < 4.78 is 10.3. The third kappa shape index (κ3) is 6.63. The van der Waals surface area contributed by atoms with E-state index >= 15 is 0 Å². The van der Waals surface area contributed by atoms with Crippen LogP contribution in [0.2, 0.25) is 0 Å². The summed E-state index contributed by atoms with van der Waals surface area (Å²) >= 11 is 0. The first-order valence-corrected chi connectivity index (χ1v) is 6.23. The number of benzene rings is 1. The van der Waals surface area contributed by atoms with Crippen molar-refractivity contribution in [3.05, 3.63) is 29.8 Å². The van der Waals surface area contributed by atoms with Crippen LogP contribution in [-0.4, -0.2) is 24.2 Å². The van der Waals surface area contributed by atoms with Crippen LogP contribution in [0.15, 0.2) is 24.3 Å². The second-order valence-electron chi connectivity index (χ2n) is 5.26. The highest BCUT2D eigenvalue weighted by molar-refractivity contribution is 5.75. The van der Waals surface area contributed by atoms with E-state index < -0.39 is 17.6 Å². The fraction of sp³-hybridized carbons (Fsp3) is 0.429. The van der Waals surface area contributed by atoms with Gasteiger partial charge in [0.25, 0.3) is 5.91 Å². The molecule has 20 heavy (non-hydrogen) atoms. The summed E-state index contributed by atoms with van der Waals surface area (Å²) in [6.07, 6.45) is -0.485. The first-order valence-electron chi connectivity index (χ1n) is 6.23. The summed E-state index contributed by atoms with van der Waals surface area (Å²) in [6, 6.07) is 7.02. The summed E-state index contributed by atoms with van der Waals surface area (Å²) in [5.74, 6) is -0.0189. The van der Waals surface area contributed by atoms with Gasteiger partial charge in [-0.1, -0.05) is 12.1 Å². The molecule has 2 amide bonds. The van der Waals surface area contributed by atoms with Crippen LogP contribution in [0, 0.1) is 0 Å². The zero-order valence-corrected chi connectivity index (χ0v) is 11.9. The smallest absolute Gasteiger partial charge is 0.407 e. The number of nitrogens with one attached hydrogen (secondary N) is 1. The van der Waals surface area contributed by atoms with Gasteiger partial charge in [-0.3, -0.25) is 4.79 Å². The fourth-order valence-electron chi connectivity index (χ4n) is 1.39. The number of nitrogens with two attached hydrogens (primary N) is 1. The molecule has 0 spiro atoms. The van der Waals surface area contributed by atoms with Crippen molar-refractivity contribution in [1.29, 1.82) is 0 Å². The van der Waals surface area contributed by atoms with Crippen molar-refractivity contribution in [3.63, 3.8) is 0 Å². The van der Waals surface area contributed by atoms with Crippen molar-refractivity contribution >= 4 is 12.0 Å². The average molecular weight is 280 g/mol. The molecule has 0 aromatic heterocycles. The van der Waals surface area contributed by atoms with E-state index in [9.17, 15) is 9.59 Å². The van der Waals surface area contributed by atoms with Crippen molar-refractivity contribution in [2.75, 3.05) is 6.61 Å². The lowest BCUT2D eigenvalue weighted by molar-refractivity contribution is -0.119. The Labute approximate surface area is 118 Å². The van der Waals surface area contributed by atoms with E-state index in [-0.39, 0.29) is 6.61 Å². The summed E-state index contributed by atoms with van der Waals surface area (Å²) in [6.45, 7) is 5.52. The predicted octanol–water partition coefficient (Wildman–Crippen LogP) is 1.58. The van der Waals surface area contributed by atoms with Gasteiger partial charge in [0.15, 0.2) is 6.61 Å². The quantitative estimate of drug-likeness (QED) is 0.856. The largest absolute Gasteiger partial charge is 0.484 e. The van der Waals surface area contributed by atoms with Crippen LogP contribution >= 0.6 is 0 Å². The molecule has 6 nitrogen and oxygen atoms in total. The maximum absolute atomic E-state index is 11.5. The highest BCUT2D eigenvalue weighted by Crippen LogP contribution is 2.13. The van der Waals surface area contributed by atoms with Gasteiger partial charge in [0.1, 0.15) is 11.4 Å². The van der Waals surface area contributed by atoms with Gasteiger partial charge in [0, 0.05) is 6.54 Å². The molecule has 1 aromatic rings. The summed E-state index contributed by atoms with van der Waals surface area (Å²) in [5.41, 5.74) is 5.30. The molecule has 0 unspecified atom stereocenters. The molecule has 0 aliphatic heterocycles. The second-order valence-corrected chi connectivity index (χ2v) is 5.26. The SMILES string of the molecule is CC(C)(C)OC(=O)NCc1cccc(OCC(N)=O)c1. The zero-order chi connectivity index (χ0) is 15.2. The van der Waals surface area contributed by atoms with Crippen LogP contribution in [0.5, 0.6) is 5.75 Å². The number of amides is 2. The zero-order valence-electron chi connectivity index (χ0n) is 11.9. The molecule has 0 atom stereocenters. The Morgan fingerprint density at radius 1 is 1.30 bits per heavy atom. The molecule has 3 N–H and O–H groups in total. The van der Waals surface area contributed by atoms with Gasteiger partial charge < -0.3 is 20.5 Å². The minimum atomic E-state index is -0.540. The van der Waals surface area contributed by atoms with Gasteiger partial charge in [0.05, 0.1) is 0 Å². The van der Waals surface area contributed by atoms with Gasteiger partial charge in [-0.15, -0.1) is 0 Å². The standard InChI is InChI=1S/C14H20N2O4/c1-14(2,3)20-13(18)16-8-10-5-4-6-11(7-10)19-9-12(15)17/h4-7H,8-9H2,1-3H3,(H2,15,17)(H,16,18). The highest BCUT2D eigenvalue weighted by atomic mass is 16.6. The number of ether oxygens (including phenoxy) is 2. The number of rotatable bonds is 5. The Bertz CT molecular complexity index is 480. The Kier molecular flexibility index (Phi) is 5.37. The van der Waals surface area contributed by atoms with E-state index in [0.29, 0.717) is 12.3 Å². The van der Waals surface area contributed by atoms with E-state index in [0.717, 1.165) is 5.56 Å². The molecule has 0 bridgehead atoms. The second kappa shape index (κ2) is 6.79. The van der Waals surface area contributed by atoms with Crippen LogP contribution < -0.4 is 15.8 Å². The minimum Gasteiger partial charge on any atom is -0.484 e. The van der Waals surface area contributed by atoms with Gasteiger partial charge in [-0.05, 0) is 38.5 Å². The monoisotopic (exact) mass is 280 g/mol. The molecule has 0 radical (unpaired) electrons. The Hall–Kier alpha value is -2.24. The molecule has 1 rings (SSSR count). The van der Waals surface area contributed by atoms with Crippen LogP contribution in [0.1, 0.15) is 26.3 Å². The lowest BCUT2D eigenvalue weighted by Crippen LogP contribution is -2.32. The summed E-state index contributed by atoms with van der Waals surface area (Å²) in [4.78, 5) is 22.1. The molecule has 110 valence electrons. The van der Waals surface area contributed by atoms with Crippen LogP contribution in [0.4, 0.5) is 4.79 Å². The van der Waals surface area contributed by atoms with Gasteiger partial charge in [0.2, 0.25) is 0 Å². The molecule has 0 saturated carbocycles. The van der Waals surface area contributed by atoms with Crippen LogP contribution in [0.3, 0.4) is 0 Å². The molecule has 0 aliphatic rings. The Morgan fingerprint density at radius 3 is 2.60 bits per heavy atom. The number of hydrogen-bond donors (Lipinski definition) is 2. The number of carbonyl (C=O) groups excluding carboxylic acids is 2. The number of hydrogen-bond acceptors (Lipinski definition) is 4. The van der Waals surface area contributed by atoms with Crippen LogP contribution in [-0.2, 0) is 16.1 Å². The molecule has 6 heteroatoms. The summed E-state index contributed by atoms with van der Waals surface area (Å²) in [7, 11) is 0. The maximum atomic E-state index is 11.5. The molecular formula is C14H20N2O4. The molecule has 0 fully saturated rings. The topological polar surface area (TPSA) is 90.7 Å². The number of alkyl carbamates (subject to hydrolysis) is 1. The summed E-state index contributed by atoms with van der Waals surface area (Å²) in [5, 5.41) is 2.64. The number of carbonyl (C=O) groups is 2. The first-order chi connectivity index (χ1) is 9.26. The van der Waals surface area contributed by atoms with E-state index in [2.05, 4.69) is 5.32 Å². The maximum Gasteiger partial charge on any atom is 0.407 e. The Morgan fingerprint density at radius 2 is 2.00 bits per heavy atom. The van der Waals surface area contributed by atoms with Crippen molar-refractivity contribution in [2.24, 2.45) is 5.73 Å². The highest BCUT2D eigenvalue weighted by Gasteiger charge is 2.15. The Balaban J connectivity index is 2.50. The fourth-order valence-corrected chi connectivity index (χ4v) is 1.39. The van der Waals surface area contributed by atoms with Crippen molar-refractivity contribution in [3.8, 4) is 5.75 Å². The molecule has 1 aromatic carbocycles. The van der Waals surface area contributed by atoms with Crippen molar-refractivity contribution in [1.82, 2.24) is 5.32 Å². The minimum absolute atomic E-state index is 0.178. The van der Waals surface area contributed by atoms with Crippen molar-refractivity contribution in [2.45, 2.75) is 32.9 Å². The normalized spacial score (nSPS) is 10.8. The lowest BCUT2D eigenvalue weighted by atomic mass is 10.2. The third-order valence-electron chi connectivity index (χ3n) is 2.12. The molecule has 0 heterocycles. The molecular weight excluding hydrogens is 260 g/mol. The lowest BCUT2D eigenvalue weighted by Gasteiger charge is -2.19. The van der Waals surface area contributed by atoms with E-state index in [4.69, 9.17) is 15.2 Å². The third-order valence-corrected chi connectivity index (χ3v) is 2.12. The van der Waals surface area contributed by atoms with Gasteiger partial charge in [-0.2, -0.15) is 0 Å². The van der Waals surface area contributed by atoms with Gasteiger partial charge >= 0.3 is 6.09 Å². The van der Waals surface area contributed by atoms with E-state index in [1.165, 1.54) is 0 Å². The predicted molar refractivity (Wildman–Crippen MR) is 74.2 cm³/mol. The molecule has 0 saturated heterocycles.